The minimum absolute atomic E-state index is 0.903. The lowest BCUT2D eigenvalue weighted by atomic mass is 9.95. The molecule has 3 nitrogen and oxygen atoms in total. The lowest BCUT2D eigenvalue weighted by molar-refractivity contribution is 0.332. The average molecular weight is 193 g/mol. The minimum atomic E-state index is 0.903. The molecule has 0 bridgehead atoms. The van der Waals surface area contributed by atoms with E-state index in [1.54, 1.807) is 0 Å². The van der Waals surface area contributed by atoms with E-state index in [4.69, 9.17) is 0 Å². The highest BCUT2D eigenvalue weighted by Gasteiger charge is 2.12. The molecule has 0 spiro atoms. The quantitative estimate of drug-likeness (QED) is 0.790. The largest absolute Gasteiger partial charge is 0.317 e. The van der Waals surface area contributed by atoms with Gasteiger partial charge in [-0.05, 0) is 50.8 Å². The van der Waals surface area contributed by atoms with Gasteiger partial charge in [0.05, 0.1) is 6.20 Å². The van der Waals surface area contributed by atoms with E-state index in [9.17, 15) is 0 Å². The van der Waals surface area contributed by atoms with E-state index in [-0.39, 0.29) is 0 Å². The smallest absolute Gasteiger partial charge is 0.0518 e. The minimum Gasteiger partial charge on any atom is -0.317 e. The predicted octanol–water partition coefficient (Wildman–Crippen LogP) is 1.58. The summed E-state index contributed by atoms with van der Waals surface area (Å²) >= 11 is 0. The number of piperidine rings is 1. The van der Waals surface area contributed by atoms with Crippen LogP contribution < -0.4 is 5.32 Å². The highest BCUT2D eigenvalue weighted by atomic mass is 15.3. The van der Waals surface area contributed by atoms with Crippen LogP contribution in [-0.2, 0) is 6.54 Å². The second-order valence-corrected chi connectivity index (χ2v) is 4.26. The molecule has 1 N–H and O–H groups in total. The summed E-state index contributed by atoms with van der Waals surface area (Å²) in [7, 11) is 0. The third kappa shape index (κ3) is 2.58. The van der Waals surface area contributed by atoms with Gasteiger partial charge in [-0.1, -0.05) is 0 Å². The summed E-state index contributed by atoms with van der Waals surface area (Å²) in [6, 6.07) is 0. The fourth-order valence-corrected chi connectivity index (χ4v) is 2.07. The Morgan fingerprint density at radius 2 is 2.29 bits per heavy atom. The Morgan fingerprint density at radius 3 is 2.93 bits per heavy atom. The van der Waals surface area contributed by atoms with E-state index in [2.05, 4.69) is 28.2 Å². The van der Waals surface area contributed by atoms with Gasteiger partial charge in [0.25, 0.3) is 0 Å². The van der Waals surface area contributed by atoms with Gasteiger partial charge in [-0.3, -0.25) is 4.68 Å². The zero-order valence-electron chi connectivity index (χ0n) is 8.87. The summed E-state index contributed by atoms with van der Waals surface area (Å²) in [6.07, 6.45) is 8.01. The van der Waals surface area contributed by atoms with Gasteiger partial charge in [0, 0.05) is 12.7 Å². The molecule has 1 aliphatic heterocycles. The first-order valence-corrected chi connectivity index (χ1v) is 5.54. The Labute approximate surface area is 85.5 Å². The Morgan fingerprint density at radius 1 is 1.50 bits per heavy atom. The highest BCUT2D eigenvalue weighted by Crippen LogP contribution is 2.16. The van der Waals surface area contributed by atoms with E-state index in [1.807, 2.05) is 6.20 Å². The number of nitrogens with zero attached hydrogens (tertiary/aromatic N) is 2. The van der Waals surface area contributed by atoms with E-state index in [1.165, 1.54) is 37.9 Å². The Kier molecular flexibility index (Phi) is 3.19. The standard InChI is InChI=1S/C11H19N3/c1-10-8-13-14(9-10)7-4-11-2-5-12-6-3-11/h8-9,11-12H,2-7H2,1H3. The molecule has 1 aliphatic rings. The number of nitrogens with one attached hydrogen (secondary N) is 1. The first kappa shape index (κ1) is 9.71. The summed E-state index contributed by atoms with van der Waals surface area (Å²) in [5.41, 5.74) is 1.26. The zero-order chi connectivity index (χ0) is 9.80. The average Bonchev–Trinajstić information content (AvgIpc) is 2.63. The SMILES string of the molecule is Cc1cnn(CCC2CCNCC2)c1. The van der Waals surface area contributed by atoms with Crippen LogP contribution in [0.25, 0.3) is 0 Å². The first-order chi connectivity index (χ1) is 6.84. The Hall–Kier alpha value is -0.830. The van der Waals surface area contributed by atoms with Gasteiger partial charge in [-0.15, -0.1) is 0 Å². The maximum atomic E-state index is 4.30. The lowest BCUT2D eigenvalue weighted by Gasteiger charge is -2.22. The van der Waals surface area contributed by atoms with Crippen LogP contribution in [0.2, 0.25) is 0 Å². The molecule has 78 valence electrons. The van der Waals surface area contributed by atoms with E-state index < -0.39 is 0 Å². The molecule has 1 saturated heterocycles. The lowest BCUT2D eigenvalue weighted by Crippen LogP contribution is -2.28. The van der Waals surface area contributed by atoms with Gasteiger partial charge in [0.1, 0.15) is 0 Å². The van der Waals surface area contributed by atoms with E-state index in [0.717, 1.165) is 12.5 Å². The van der Waals surface area contributed by atoms with Crippen molar-refractivity contribution < 1.29 is 0 Å². The van der Waals surface area contributed by atoms with Crippen LogP contribution in [0.3, 0.4) is 0 Å². The maximum absolute atomic E-state index is 4.30. The number of hydrogen-bond donors (Lipinski definition) is 1. The van der Waals surface area contributed by atoms with Crippen molar-refractivity contribution in [3.8, 4) is 0 Å². The summed E-state index contributed by atoms with van der Waals surface area (Å²) in [5.74, 6) is 0.903. The van der Waals surface area contributed by atoms with Crippen LogP contribution >= 0.6 is 0 Å². The maximum Gasteiger partial charge on any atom is 0.0518 e. The molecule has 3 heteroatoms. The van der Waals surface area contributed by atoms with Gasteiger partial charge in [-0.2, -0.15) is 5.10 Å². The van der Waals surface area contributed by atoms with Crippen molar-refractivity contribution in [3.63, 3.8) is 0 Å². The van der Waals surface area contributed by atoms with Gasteiger partial charge >= 0.3 is 0 Å². The third-order valence-electron chi connectivity index (χ3n) is 2.99. The fraction of sp³-hybridized carbons (Fsp3) is 0.727. The van der Waals surface area contributed by atoms with Crippen molar-refractivity contribution in [2.45, 2.75) is 32.7 Å². The topological polar surface area (TPSA) is 29.9 Å². The van der Waals surface area contributed by atoms with Crippen LogP contribution in [0.4, 0.5) is 0 Å². The molecule has 1 aromatic rings. The molecule has 1 aromatic heterocycles. The van der Waals surface area contributed by atoms with Gasteiger partial charge in [0.2, 0.25) is 0 Å². The monoisotopic (exact) mass is 193 g/mol. The summed E-state index contributed by atoms with van der Waals surface area (Å²) in [6.45, 7) is 5.57. The number of hydrogen-bond acceptors (Lipinski definition) is 2. The molecule has 0 aliphatic carbocycles. The van der Waals surface area contributed by atoms with Crippen LogP contribution in [0, 0.1) is 12.8 Å². The molecule has 0 aromatic carbocycles. The van der Waals surface area contributed by atoms with Crippen LogP contribution in [0.1, 0.15) is 24.8 Å². The molecule has 2 rings (SSSR count). The van der Waals surface area contributed by atoms with Gasteiger partial charge < -0.3 is 5.32 Å². The van der Waals surface area contributed by atoms with E-state index >= 15 is 0 Å². The molecule has 2 heterocycles. The normalized spacial score (nSPS) is 18.6. The molecule has 0 saturated carbocycles. The second kappa shape index (κ2) is 4.60. The summed E-state index contributed by atoms with van der Waals surface area (Å²) in [5, 5.41) is 7.70. The van der Waals surface area contributed by atoms with Gasteiger partial charge in [-0.25, -0.2) is 0 Å². The molecule has 14 heavy (non-hydrogen) atoms. The highest BCUT2D eigenvalue weighted by molar-refractivity contribution is 4.99. The Balaban J connectivity index is 1.76. The third-order valence-corrected chi connectivity index (χ3v) is 2.99. The number of aromatic nitrogens is 2. The summed E-state index contributed by atoms with van der Waals surface area (Å²) in [4.78, 5) is 0. The molecule has 0 unspecified atom stereocenters. The molecule has 0 radical (unpaired) electrons. The summed E-state index contributed by atoms with van der Waals surface area (Å²) < 4.78 is 2.07. The molecule has 0 atom stereocenters. The van der Waals surface area contributed by atoms with Crippen LogP contribution in [-0.4, -0.2) is 22.9 Å². The molecular formula is C11H19N3. The van der Waals surface area contributed by atoms with Gasteiger partial charge in [0.15, 0.2) is 0 Å². The van der Waals surface area contributed by atoms with Crippen LogP contribution in [0.5, 0.6) is 0 Å². The first-order valence-electron chi connectivity index (χ1n) is 5.54. The van der Waals surface area contributed by atoms with Crippen molar-refractivity contribution in [1.29, 1.82) is 0 Å². The number of aryl methyl sites for hydroxylation is 2. The second-order valence-electron chi connectivity index (χ2n) is 4.26. The zero-order valence-corrected chi connectivity index (χ0v) is 8.87. The molecule has 1 fully saturated rings. The fourth-order valence-electron chi connectivity index (χ4n) is 2.07. The Bertz CT molecular complexity index is 274. The van der Waals surface area contributed by atoms with Crippen molar-refractivity contribution in [3.05, 3.63) is 18.0 Å². The predicted molar refractivity (Wildman–Crippen MR) is 57.2 cm³/mol. The number of rotatable bonds is 3. The molecule has 0 amide bonds. The molecular weight excluding hydrogens is 174 g/mol. The van der Waals surface area contributed by atoms with Crippen molar-refractivity contribution in [2.24, 2.45) is 5.92 Å². The van der Waals surface area contributed by atoms with E-state index in [0.29, 0.717) is 0 Å². The van der Waals surface area contributed by atoms with Crippen molar-refractivity contribution in [2.75, 3.05) is 13.1 Å². The van der Waals surface area contributed by atoms with Crippen LogP contribution in [0.15, 0.2) is 12.4 Å². The van der Waals surface area contributed by atoms with Crippen molar-refractivity contribution >= 4 is 0 Å². The van der Waals surface area contributed by atoms with Crippen molar-refractivity contribution in [1.82, 2.24) is 15.1 Å².